The van der Waals surface area contributed by atoms with Gasteiger partial charge in [-0.25, -0.2) is 14.6 Å². The second-order valence-electron chi connectivity index (χ2n) is 5.32. The predicted octanol–water partition coefficient (Wildman–Crippen LogP) is 4.74. The van der Waals surface area contributed by atoms with Gasteiger partial charge in [0.05, 0.1) is 17.2 Å². The molecule has 130 valence electrons. The van der Waals surface area contributed by atoms with E-state index in [1.807, 2.05) is 24.3 Å². The first-order valence-corrected chi connectivity index (χ1v) is 8.26. The van der Waals surface area contributed by atoms with E-state index in [4.69, 9.17) is 32.6 Å². The maximum Gasteiger partial charge on any atom is 0.245 e. The molecule has 2 aromatic carbocycles. The molecule has 0 spiro atoms. The zero-order valence-electron chi connectivity index (χ0n) is 13.4. The summed E-state index contributed by atoms with van der Waals surface area (Å²) in [5, 5.41) is 11.6. The molecule has 9 heteroatoms. The molecule has 0 unspecified atom stereocenters. The van der Waals surface area contributed by atoms with E-state index in [0.29, 0.717) is 44.3 Å². The summed E-state index contributed by atoms with van der Waals surface area (Å²) in [6, 6.07) is 12.6. The lowest BCUT2D eigenvalue weighted by atomic mass is 10.1. The average Bonchev–Trinajstić information content (AvgIpc) is 3.11. The highest BCUT2D eigenvalue weighted by Crippen LogP contribution is 2.32. The Morgan fingerprint density at radius 1 is 0.962 bits per heavy atom. The largest absolute Gasteiger partial charge is 0.497 e. The van der Waals surface area contributed by atoms with Gasteiger partial charge in [-0.05, 0) is 40.6 Å². The summed E-state index contributed by atoms with van der Waals surface area (Å²) in [4.78, 5) is 8.97. The van der Waals surface area contributed by atoms with Gasteiger partial charge in [-0.1, -0.05) is 35.3 Å². The molecule has 0 aliphatic rings. The summed E-state index contributed by atoms with van der Waals surface area (Å²) >= 11 is 12.1. The summed E-state index contributed by atoms with van der Waals surface area (Å²) in [7, 11) is 1.60. The van der Waals surface area contributed by atoms with Crippen molar-refractivity contribution in [2.75, 3.05) is 12.4 Å². The van der Waals surface area contributed by atoms with Gasteiger partial charge in [0.2, 0.25) is 11.3 Å². The standard InChI is InChI=1S/C17H11Cl2N5O2/c1-25-11-4-2-3-9(7-11)14-15(22-17-16(21-14)23-26-24-17)20-10-5-6-12(18)13(19)8-10/h2-8H,1H3,(H,20,22,24). The van der Waals surface area contributed by atoms with Crippen LogP contribution in [0, 0.1) is 0 Å². The Hall–Kier alpha value is -2.90. The van der Waals surface area contributed by atoms with Crippen LogP contribution in [0.2, 0.25) is 10.0 Å². The molecule has 4 aromatic rings. The van der Waals surface area contributed by atoms with Gasteiger partial charge in [-0.2, -0.15) is 0 Å². The highest BCUT2D eigenvalue weighted by molar-refractivity contribution is 6.42. The van der Waals surface area contributed by atoms with Crippen molar-refractivity contribution in [2.45, 2.75) is 0 Å². The van der Waals surface area contributed by atoms with Gasteiger partial charge in [0, 0.05) is 11.3 Å². The predicted molar refractivity (Wildman–Crippen MR) is 99.1 cm³/mol. The topological polar surface area (TPSA) is 86.0 Å². The van der Waals surface area contributed by atoms with Crippen LogP contribution in [-0.4, -0.2) is 27.4 Å². The fourth-order valence-electron chi connectivity index (χ4n) is 2.41. The van der Waals surface area contributed by atoms with Crippen LogP contribution in [0.3, 0.4) is 0 Å². The lowest BCUT2D eigenvalue weighted by molar-refractivity contribution is 0.314. The monoisotopic (exact) mass is 387 g/mol. The van der Waals surface area contributed by atoms with Gasteiger partial charge >= 0.3 is 0 Å². The first kappa shape index (κ1) is 16.6. The molecule has 0 saturated carbocycles. The molecule has 0 saturated heterocycles. The van der Waals surface area contributed by atoms with E-state index in [1.54, 1.807) is 25.3 Å². The zero-order chi connectivity index (χ0) is 18.1. The molecule has 4 rings (SSSR count). The van der Waals surface area contributed by atoms with Crippen molar-refractivity contribution in [3.63, 3.8) is 0 Å². The van der Waals surface area contributed by atoms with Crippen molar-refractivity contribution in [1.82, 2.24) is 20.3 Å². The summed E-state index contributed by atoms with van der Waals surface area (Å²) < 4.78 is 10.0. The summed E-state index contributed by atoms with van der Waals surface area (Å²) in [5.74, 6) is 1.17. The summed E-state index contributed by atoms with van der Waals surface area (Å²) in [6.07, 6.45) is 0. The molecule has 0 aliphatic carbocycles. The van der Waals surface area contributed by atoms with Gasteiger partial charge in [0.15, 0.2) is 5.82 Å². The van der Waals surface area contributed by atoms with Gasteiger partial charge < -0.3 is 10.1 Å². The second-order valence-corrected chi connectivity index (χ2v) is 6.13. The van der Waals surface area contributed by atoms with Crippen molar-refractivity contribution in [3.05, 3.63) is 52.5 Å². The number of rotatable bonds is 4. The molecular weight excluding hydrogens is 377 g/mol. The van der Waals surface area contributed by atoms with Crippen molar-refractivity contribution >= 4 is 46.0 Å². The number of hydrogen-bond acceptors (Lipinski definition) is 7. The molecule has 0 amide bonds. The minimum absolute atomic E-state index is 0.291. The third kappa shape index (κ3) is 3.14. The summed E-state index contributed by atoms with van der Waals surface area (Å²) in [5.41, 5.74) is 2.66. The number of nitrogens with zero attached hydrogens (tertiary/aromatic N) is 4. The Bertz CT molecular complexity index is 1100. The Morgan fingerprint density at radius 2 is 1.77 bits per heavy atom. The first-order chi connectivity index (χ1) is 12.6. The van der Waals surface area contributed by atoms with Crippen LogP contribution >= 0.6 is 23.2 Å². The Labute approximate surface area is 157 Å². The van der Waals surface area contributed by atoms with Crippen molar-refractivity contribution in [2.24, 2.45) is 0 Å². The zero-order valence-corrected chi connectivity index (χ0v) is 14.9. The van der Waals surface area contributed by atoms with Crippen molar-refractivity contribution < 1.29 is 9.37 Å². The number of methoxy groups -OCH3 is 1. The average molecular weight is 388 g/mol. The fourth-order valence-corrected chi connectivity index (χ4v) is 2.71. The Morgan fingerprint density at radius 3 is 2.54 bits per heavy atom. The quantitative estimate of drug-likeness (QED) is 0.540. The van der Waals surface area contributed by atoms with Crippen molar-refractivity contribution in [1.29, 1.82) is 0 Å². The molecule has 2 aromatic heterocycles. The minimum atomic E-state index is 0.291. The normalized spacial score (nSPS) is 10.9. The van der Waals surface area contributed by atoms with Gasteiger partial charge in [-0.15, -0.1) is 0 Å². The maximum absolute atomic E-state index is 6.09. The molecule has 0 radical (unpaired) electrons. The molecule has 0 atom stereocenters. The molecule has 26 heavy (non-hydrogen) atoms. The van der Waals surface area contributed by atoms with E-state index < -0.39 is 0 Å². The number of benzene rings is 2. The third-order valence-corrected chi connectivity index (χ3v) is 4.38. The number of fused-ring (bicyclic) bond motifs is 1. The molecule has 7 nitrogen and oxygen atoms in total. The molecule has 0 bridgehead atoms. The SMILES string of the molecule is COc1cccc(-c2nc3nonc3nc2Nc2ccc(Cl)c(Cl)c2)c1. The highest BCUT2D eigenvalue weighted by atomic mass is 35.5. The van der Waals surface area contributed by atoms with Crippen LogP contribution in [0.1, 0.15) is 0 Å². The third-order valence-electron chi connectivity index (χ3n) is 3.64. The van der Waals surface area contributed by atoms with Gasteiger partial charge in [0.1, 0.15) is 11.4 Å². The lowest BCUT2D eigenvalue weighted by Gasteiger charge is -2.11. The number of halogens is 2. The molecule has 2 heterocycles. The van der Waals surface area contributed by atoms with Crippen LogP contribution in [-0.2, 0) is 0 Å². The van der Waals surface area contributed by atoms with Gasteiger partial charge in [0.25, 0.3) is 0 Å². The number of aromatic nitrogens is 4. The second kappa shape index (κ2) is 6.78. The van der Waals surface area contributed by atoms with E-state index in [2.05, 4.69) is 25.6 Å². The number of anilines is 2. The maximum atomic E-state index is 6.09. The van der Waals surface area contributed by atoms with Crippen LogP contribution in [0.4, 0.5) is 11.5 Å². The fraction of sp³-hybridized carbons (Fsp3) is 0.0588. The molecule has 1 N–H and O–H groups in total. The molecule has 0 aliphatic heterocycles. The van der Waals surface area contributed by atoms with E-state index in [-0.39, 0.29) is 0 Å². The first-order valence-electron chi connectivity index (χ1n) is 7.51. The van der Waals surface area contributed by atoms with Crippen LogP contribution < -0.4 is 10.1 Å². The van der Waals surface area contributed by atoms with Crippen LogP contribution in [0.5, 0.6) is 5.75 Å². The van der Waals surface area contributed by atoms with Gasteiger partial charge in [-0.3, -0.25) is 0 Å². The number of ether oxygens (including phenoxy) is 1. The highest BCUT2D eigenvalue weighted by Gasteiger charge is 2.15. The van der Waals surface area contributed by atoms with E-state index in [9.17, 15) is 0 Å². The Balaban J connectivity index is 1.84. The van der Waals surface area contributed by atoms with E-state index in [1.165, 1.54) is 0 Å². The molecular formula is C17H11Cl2N5O2. The van der Waals surface area contributed by atoms with Crippen LogP contribution in [0.15, 0.2) is 47.1 Å². The Kier molecular flexibility index (Phi) is 4.32. The lowest BCUT2D eigenvalue weighted by Crippen LogP contribution is -2.00. The number of nitrogens with one attached hydrogen (secondary N) is 1. The van der Waals surface area contributed by atoms with E-state index >= 15 is 0 Å². The molecule has 0 fully saturated rings. The van der Waals surface area contributed by atoms with E-state index in [0.717, 1.165) is 5.56 Å². The van der Waals surface area contributed by atoms with Crippen molar-refractivity contribution in [3.8, 4) is 17.0 Å². The summed E-state index contributed by atoms with van der Waals surface area (Å²) in [6.45, 7) is 0. The number of hydrogen-bond donors (Lipinski definition) is 1. The smallest absolute Gasteiger partial charge is 0.245 e. The van der Waals surface area contributed by atoms with Crippen LogP contribution in [0.25, 0.3) is 22.6 Å². The minimum Gasteiger partial charge on any atom is -0.497 e.